The fraction of sp³-hybridized carbons (Fsp3) is 0.692. The van der Waals surface area contributed by atoms with Gasteiger partial charge in [0.1, 0.15) is 11.5 Å². The van der Waals surface area contributed by atoms with Crippen molar-refractivity contribution in [1.29, 1.82) is 0 Å². The Kier molecular flexibility index (Phi) is 4.17. The number of nitrogens with zero attached hydrogens (tertiary/aromatic N) is 1. The Hall–Kier alpha value is -0.450. The standard InChI is InChI=1S/C13H22N2OS/c1-9-4-5-13(16-9)12(6-14)15-7-10(2)17-11(3)8-15/h4-5,10-12H,6-8,14H2,1-3H3. The summed E-state index contributed by atoms with van der Waals surface area (Å²) in [5.41, 5.74) is 5.93. The first-order valence-electron chi connectivity index (χ1n) is 6.26. The summed E-state index contributed by atoms with van der Waals surface area (Å²) in [6, 6.07) is 4.31. The van der Waals surface area contributed by atoms with E-state index in [2.05, 4.69) is 36.6 Å². The summed E-state index contributed by atoms with van der Waals surface area (Å²) < 4.78 is 5.73. The molecule has 1 aromatic rings. The molecule has 2 N–H and O–H groups in total. The molecular weight excluding hydrogens is 232 g/mol. The molecule has 0 spiro atoms. The molecule has 3 unspecified atom stereocenters. The van der Waals surface area contributed by atoms with Crippen LogP contribution in [-0.2, 0) is 0 Å². The third-order valence-electron chi connectivity index (χ3n) is 3.20. The SMILES string of the molecule is Cc1ccc(C(CN)N2CC(C)SC(C)C2)o1. The molecule has 96 valence electrons. The van der Waals surface area contributed by atoms with Gasteiger partial charge in [-0.25, -0.2) is 0 Å². The maximum Gasteiger partial charge on any atom is 0.122 e. The van der Waals surface area contributed by atoms with Crippen LogP contribution < -0.4 is 5.73 Å². The Morgan fingerprint density at radius 2 is 2.06 bits per heavy atom. The minimum absolute atomic E-state index is 0.231. The van der Waals surface area contributed by atoms with E-state index in [0.717, 1.165) is 24.6 Å². The highest BCUT2D eigenvalue weighted by molar-refractivity contribution is 8.00. The van der Waals surface area contributed by atoms with Crippen LogP contribution >= 0.6 is 11.8 Å². The summed E-state index contributed by atoms with van der Waals surface area (Å²) in [7, 11) is 0. The van der Waals surface area contributed by atoms with Gasteiger partial charge in [-0.2, -0.15) is 11.8 Å². The molecule has 1 fully saturated rings. The quantitative estimate of drug-likeness (QED) is 0.899. The van der Waals surface area contributed by atoms with E-state index in [1.54, 1.807) is 0 Å². The van der Waals surface area contributed by atoms with Crippen LogP contribution in [0.2, 0.25) is 0 Å². The van der Waals surface area contributed by atoms with Crippen LogP contribution in [0.3, 0.4) is 0 Å². The third kappa shape index (κ3) is 3.06. The van der Waals surface area contributed by atoms with Crippen molar-refractivity contribution in [2.24, 2.45) is 5.73 Å². The lowest BCUT2D eigenvalue weighted by Crippen LogP contribution is -2.44. The van der Waals surface area contributed by atoms with Crippen LogP contribution in [0.15, 0.2) is 16.5 Å². The third-order valence-corrected chi connectivity index (χ3v) is 4.43. The smallest absolute Gasteiger partial charge is 0.122 e. The van der Waals surface area contributed by atoms with Gasteiger partial charge in [-0.1, -0.05) is 13.8 Å². The molecule has 0 radical (unpaired) electrons. The van der Waals surface area contributed by atoms with Crippen molar-refractivity contribution in [3.8, 4) is 0 Å². The van der Waals surface area contributed by atoms with Crippen molar-refractivity contribution >= 4 is 11.8 Å². The summed E-state index contributed by atoms with van der Waals surface area (Å²) in [5, 5.41) is 1.34. The normalized spacial score (nSPS) is 28.2. The van der Waals surface area contributed by atoms with Crippen molar-refractivity contribution in [3.05, 3.63) is 23.7 Å². The van der Waals surface area contributed by atoms with Gasteiger partial charge < -0.3 is 10.2 Å². The Morgan fingerprint density at radius 1 is 1.41 bits per heavy atom. The number of nitrogens with two attached hydrogens (primary N) is 1. The summed E-state index contributed by atoms with van der Waals surface area (Å²) in [5.74, 6) is 1.97. The summed E-state index contributed by atoms with van der Waals surface area (Å²) in [4.78, 5) is 2.46. The maximum absolute atomic E-state index is 5.93. The number of thioether (sulfide) groups is 1. The van der Waals surface area contributed by atoms with Crippen molar-refractivity contribution in [3.63, 3.8) is 0 Å². The molecule has 0 aliphatic carbocycles. The molecule has 17 heavy (non-hydrogen) atoms. The van der Waals surface area contributed by atoms with E-state index in [0.29, 0.717) is 17.0 Å². The number of rotatable bonds is 3. The summed E-state index contributed by atoms with van der Waals surface area (Å²) >= 11 is 2.06. The second-order valence-corrected chi connectivity index (χ2v) is 6.79. The van der Waals surface area contributed by atoms with E-state index >= 15 is 0 Å². The van der Waals surface area contributed by atoms with Gasteiger partial charge in [-0.15, -0.1) is 0 Å². The van der Waals surface area contributed by atoms with Crippen LogP contribution in [0, 0.1) is 6.92 Å². The molecule has 0 bridgehead atoms. The lowest BCUT2D eigenvalue weighted by atomic mass is 10.1. The van der Waals surface area contributed by atoms with Gasteiger partial charge in [0.2, 0.25) is 0 Å². The van der Waals surface area contributed by atoms with Gasteiger partial charge in [0, 0.05) is 30.1 Å². The van der Waals surface area contributed by atoms with E-state index in [1.165, 1.54) is 0 Å². The Morgan fingerprint density at radius 3 is 2.53 bits per heavy atom. The molecule has 0 amide bonds. The molecule has 4 heteroatoms. The molecule has 2 rings (SSSR count). The predicted octanol–water partition coefficient (Wildman–Crippen LogP) is 2.41. The summed E-state index contributed by atoms with van der Waals surface area (Å²) in [6.45, 7) is 9.36. The van der Waals surface area contributed by atoms with Crippen molar-refractivity contribution in [1.82, 2.24) is 4.90 Å². The average Bonchev–Trinajstić information content (AvgIpc) is 2.64. The number of furan rings is 1. The van der Waals surface area contributed by atoms with Crippen molar-refractivity contribution < 1.29 is 4.42 Å². The zero-order valence-corrected chi connectivity index (χ0v) is 11.7. The maximum atomic E-state index is 5.93. The molecule has 0 saturated carbocycles. The van der Waals surface area contributed by atoms with E-state index in [4.69, 9.17) is 10.2 Å². The van der Waals surface area contributed by atoms with Gasteiger partial charge in [-0.3, -0.25) is 4.90 Å². The zero-order chi connectivity index (χ0) is 12.4. The molecule has 0 aromatic carbocycles. The molecule has 1 aromatic heterocycles. The molecule has 3 nitrogen and oxygen atoms in total. The van der Waals surface area contributed by atoms with Gasteiger partial charge in [0.15, 0.2) is 0 Å². The lowest BCUT2D eigenvalue weighted by Gasteiger charge is -2.38. The van der Waals surface area contributed by atoms with Gasteiger partial charge in [0.25, 0.3) is 0 Å². The molecule has 2 heterocycles. The first-order chi connectivity index (χ1) is 8.10. The lowest BCUT2D eigenvalue weighted by molar-refractivity contribution is 0.176. The van der Waals surface area contributed by atoms with Crippen LogP contribution in [0.4, 0.5) is 0 Å². The fourth-order valence-corrected chi connectivity index (χ4v) is 3.90. The Labute approximate surface area is 108 Å². The molecule has 1 aliphatic rings. The Balaban J connectivity index is 2.12. The van der Waals surface area contributed by atoms with E-state index < -0.39 is 0 Å². The molecule has 3 atom stereocenters. The molecule has 1 aliphatic heterocycles. The first-order valence-corrected chi connectivity index (χ1v) is 7.20. The highest BCUT2D eigenvalue weighted by atomic mass is 32.2. The van der Waals surface area contributed by atoms with E-state index in [-0.39, 0.29) is 6.04 Å². The second kappa shape index (κ2) is 5.46. The largest absolute Gasteiger partial charge is 0.465 e. The second-order valence-electron chi connectivity index (χ2n) is 4.91. The summed E-state index contributed by atoms with van der Waals surface area (Å²) in [6.07, 6.45) is 0. The first kappa shape index (κ1) is 13.0. The Bertz CT molecular complexity index is 356. The number of aryl methyl sites for hydroxylation is 1. The average molecular weight is 254 g/mol. The molecular formula is C13H22N2OS. The van der Waals surface area contributed by atoms with Crippen LogP contribution in [0.5, 0.6) is 0 Å². The van der Waals surface area contributed by atoms with Gasteiger partial charge in [0.05, 0.1) is 6.04 Å². The van der Waals surface area contributed by atoms with E-state index in [1.807, 2.05) is 13.0 Å². The highest BCUT2D eigenvalue weighted by Gasteiger charge is 2.29. The van der Waals surface area contributed by atoms with Gasteiger partial charge in [-0.05, 0) is 19.1 Å². The molecule has 1 saturated heterocycles. The minimum atomic E-state index is 0.231. The van der Waals surface area contributed by atoms with E-state index in [9.17, 15) is 0 Å². The topological polar surface area (TPSA) is 42.4 Å². The number of hydrogen-bond donors (Lipinski definition) is 1. The minimum Gasteiger partial charge on any atom is -0.465 e. The van der Waals surface area contributed by atoms with Crippen LogP contribution in [0.25, 0.3) is 0 Å². The van der Waals surface area contributed by atoms with Crippen LogP contribution in [-0.4, -0.2) is 35.0 Å². The predicted molar refractivity (Wildman–Crippen MR) is 73.3 cm³/mol. The van der Waals surface area contributed by atoms with Crippen molar-refractivity contribution in [2.75, 3.05) is 19.6 Å². The fourth-order valence-electron chi connectivity index (χ4n) is 2.55. The monoisotopic (exact) mass is 254 g/mol. The van der Waals surface area contributed by atoms with Gasteiger partial charge >= 0.3 is 0 Å². The van der Waals surface area contributed by atoms with Crippen molar-refractivity contribution in [2.45, 2.75) is 37.3 Å². The number of hydrogen-bond acceptors (Lipinski definition) is 4. The zero-order valence-electron chi connectivity index (χ0n) is 10.8. The van der Waals surface area contributed by atoms with Crippen LogP contribution in [0.1, 0.15) is 31.4 Å². The highest BCUT2D eigenvalue weighted by Crippen LogP contribution is 2.31.